The Morgan fingerprint density at radius 2 is 1.79 bits per heavy atom. The van der Waals surface area contributed by atoms with Crippen molar-refractivity contribution in [3.8, 4) is 5.75 Å². The summed E-state index contributed by atoms with van der Waals surface area (Å²) in [4.78, 5) is 37.6. The van der Waals surface area contributed by atoms with E-state index in [9.17, 15) is 14.4 Å². The van der Waals surface area contributed by atoms with Crippen LogP contribution in [0.1, 0.15) is 41.9 Å². The van der Waals surface area contributed by atoms with E-state index in [4.69, 9.17) is 4.74 Å². The molecule has 7 heteroatoms. The summed E-state index contributed by atoms with van der Waals surface area (Å²) in [6.45, 7) is 4.33. The third-order valence-corrected chi connectivity index (χ3v) is 5.04. The molecule has 1 N–H and O–H groups in total. The molecule has 7 nitrogen and oxygen atoms in total. The lowest BCUT2D eigenvalue weighted by Crippen LogP contribution is -2.56. The van der Waals surface area contributed by atoms with Gasteiger partial charge in [-0.3, -0.25) is 14.4 Å². The summed E-state index contributed by atoms with van der Waals surface area (Å²) in [7, 11) is 0. The molecule has 4 rings (SSSR count). The number of aryl methyl sites for hydroxylation is 1. The van der Waals surface area contributed by atoms with Gasteiger partial charge >= 0.3 is 0 Å². The quantitative estimate of drug-likeness (QED) is 0.862. The second-order valence-electron chi connectivity index (χ2n) is 7.48. The number of carbonyl (C=O) groups excluding carboxylic acids is 2. The average Bonchev–Trinajstić information content (AvgIpc) is 3.41. The van der Waals surface area contributed by atoms with E-state index >= 15 is 0 Å². The molecule has 1 saturated heterocycles. The van der Waals surface area contributed by atoms with Crippen LogP contribution in [0.25, 0.3) is 0 Å². The number of carbonyl (C=O) groups is 2. The number of anilines is 1. The number of amides is 2. The predicted octanol–water partition coefficient (Wildman–Crippen LogP) is 2.35. The summed E-state index contributed by atoms with van der Waals surface area (Å²) >= 11 is 0. The first-order valence-corrected chi connectivity index (χ1v) is 9.47. The van der Waals surface area contributed by atoms with Crippen molar-refractivity contribution in [3.63, 3.8) is 0 Å². The molecule has 1 aliphatic heterocycles. The Balaban J connectivity index is 1.33. The van der Waals surface area contributed by atoms with Gasteiger partial charge in [-0.15, -0.1) is 0 Å². The molecule has 0 spiro atoms. The molecule has 0 unspecified atom stereocenters. The number of rotatable bonds is 5. The average molecular weight is 381 g/mol. The number of nitrogens with zero attached hydrogens (tertiary/aromatic N) is 2. The Bertz CT molecular complexity index is 970. The van der Waals surface area contributed by atoms with Crippen LogP contribution in [0, 0.1) is 6.92 Å². The highest BCUT2D eigenvalue weighted by atomic mass is 16.5. The maximum atomic E-state index is 12.5. The number of aromatic nitrogens is 1. The van der Waals surface area contributed by atoms with Gasteiger partial charge in [-0.1, -0.05) is 0 Å². The van der Waals surface area contributed by atoms with Crippen molar-refractivity contribution in [1.82, 2.24) is 9.47 Å². The van der Waals surface area contributed by atoms with Crippen molar-refractivity contribution in [2.75, 3.05) is 18.4 Å². The van der Waals surface area contributed by atoms with Crippen LogP contribution in [-0.4, -0.2) is 40.5 Å². The zero-order valence-corrected chi connectivity index (χ0v) is 16.0. The van der Waals surface area contributed by atoms with Crippen molar-refractivity contribution >= 4 is 17.5 Å². The first-order valence-electron chi connectivity index (χ1n) is 9.47. The Labute approximate surface area is 162 Å². The lowest BCUT2D eigenvalue weighted by atomic mass is 10.1. The van der Waals surface area contributed by atoms with Crippen LogP contribution < -0.4 is 15.6 Å². The van der Waals surface area contributed by atoms with Crippen molar-refractivity contribution in [2.45, 2.75) is 38.8 Å². The Morgan fingerprint density at radius 1 is 1.11 bits per heavy atom. The molecule has 146 valence electrons. The third kappa shape index (κ3) is 3.78. The standard InChI is InChI=1S/C21H23N3O4/c1-13-9-18(10-20(26)24(13)17-7-8-17)28-19-11-23(12-19)21(27)15-3-5-16(6-4-15)22-14(2)25/h3-6,9-10,17,19H,7-8,11-12H2,1-2H3,(H,22,25). The summed E-state index contributed by atoms with van der Waals surface area (Å²) in [5, 5.41) is 2.68. The highest BCUT2D eigenvalue weighted by Gasteiger charge is 2.33. The van der Waals surface area contributed by atoms with Crippen molar-refractivity contribution in [2.24, 2.45) is 0 Å². The van der Waals surface area contributed by atoms with E-state index in [2.05, 4.69) is 5.32 Å². The summed E-state index contributed by atoms with van der Waals surface area (Å²) in [6, 6.07) is 10.6. The number of hydrogen-bond acceptors (Lipinski definition) is 4. The minimum absolute atomic E-state index is 0.0241. The van der Waals surface area contributed by atoms with E-state index in [0.29, 0.717) is 36.1 Å². The van der Waals surface area contributed by atoms with Crippen LogP contribution >= 0.6 is 0 Å². The largest absolute Gasteiger partial charge is 0.486 e. The number of benzene rings is 1. The van der Waals surface area contributed by atoms with Crippen LogP contribution in [0.15, 0.2) is 41.2 Å². The minimum atomic E-state index is -0.151. The van der Waals surface area contributed by atoms with Gasteiger partial charge in [0.15, 0.2) is 0 Å². The van der Waals surface area contributed by atoms with E-state index < -0.39 is 0 Å². The lowest BCUT2D eigenvalue weighted by Gasteiger charge is -2.39. The summed E-state index contributed by atoms with van der Waals surface area (Å²) < 4.78 is 7.72. The van der Waals surface area contributed by atoms with E-state index in [1.54, 1.807) is 29.2 Å². The summed E-state index contributed by atoms with van der Waals surface area (Å²) in [5.74, 6) is 0.340. The smallest absolute Gasteiger partial charge is 0.254 e. The van der Waals surface area contributed by atoms with Gasteiger partial charge in [0.25, 0.3) is 11.5 Å². The first-order chi connectivity index (χ1) is 13.4. The van der Waals surface area contributed by atoms with Crippen LogP contribution in [-0.2, 0) is 4.79 Å². The molecule has 2 aromatic rings. The number of likely N-dealkylation sites (tertiary alicyclic amines) is 1. The number of pyridine rings is 1. The molecule has 1 saturated carbocycles. The van der Waals surface area contributed by atoms with Gasteiger partial charge in [0, 0.05) is 36.0 Å². The maximum absolute atomic E-state index is 12.5. The van der Waals surface area contributed by atoms with Gasteiger partial charge in [0.2, 0.25) is 5.91 Å². The summed E-state index contributed by atoms with van der Waals surface area (Å²) in [6.07, 6.45) is 2.01. The fourth-order valence-corrected chi connectivity index (χ4v) is 3.50. The second-order valence-corrected chi connectivity index (χ2v) is 7.48. The number of nitrogens with one attached hydrogen (secondary N) is 1. The third-order valence-electron chi connectivity index (χ3n) is 5.04. The molecule has 1 aliphatic carbocycles. The number of hydrogen-bond donors (Lipinski definition) is 1. The van der Waals surface area contributed by atoms with Crippen LogP contribution in [0.4, 0.5) is 5.69 Å². The van der Waals surface area contributed by atoms with E-state index in [-0.39, 0.29) is 23.5 Å². The molecule has 0 bridgehead atoms. The molecule has 2 aliphatic rings. The fraction of sp³-hybridized carbons (Fsp3) is 0.381. The van der Waals surface area contributed by atoms with Crippen LogP contribution in [0.5, 0.6) is 5.75 Å². The zero-order valence-electron chi connectivity index (χ0n) is 16.0. The SMILES string of the molecule is CC(=O)Nc1ccc(C(=O)N2CC(Oc3cc(C)n(C4CC4)c(=O)c3)C2)cc1. The molecule has 2 fully saturated rings. The molecular formula is C21H23N3O4. The second kappa shape index (κ2) is 7.14. The maximum Gasteiger partial charge on any atom is 0.254 e. The van der Waals surface area contributed by atoms with Gasteiger partial charge in [-0.2, -0.15) is 0 Å². The van der Waals surface area contributed by atoms with E-state index in [0.717, 1.165) is 18.5 Å². The molecule has 0 radical (unpaired) electrons. The monoisotopic (exact) mass is 381 g/mol. The molecule has 2 heterocycles. The molecule has 1 aromatic heterocycles. The molecule has 0 atom stereocenters. The van der Waals surface area contributed by atoms with Gasteiger partial charge in [0.1, 0.15) is 11.9 Å². The van der Waals surface area contributed by atoms with Gasteiger partial charge in [0.05, 0.1) is 13.1 Å². The first kappa shape index (κ1) is 18.3. The Hall–Kier alpha value is -3.09. The highest BCUT2D eigenvalue weighted by molar-refractivity contribution is 5.96. The van der Waals surface area contributed by atoms with E-state index in [1.165, 1.54) is 13.0 Å². The van der Waals surface area contributed by atoms with Crippen molar-refractivity contribution in [1.29, 1.82) is 0 Å². The van der Waals surface area contributed by atoms with Crippen LogP contribution in [0.3, 0.4) is 0 Å². The normalized spacial score (nSPS) is 16.4. The summed E-state index contributed by atoms with van der Waals surface area (Å²) in [5.41, 5.74) is 2.11. The van der Waals surface area contributed by atoms with Gasteiger partial charge in [-0.05, 0) is 50.1 Å². The lowest BCUT2D eigenvalue weighted by molar-refractivity contribution is -0.114. The topological polar surface area (TPSA) is 80.6 Å². The number of ether oxygens (including phenoxy) is 1. The van der Waals surface area contributed by atoms with Crippen molar-refractivity contribution in [3.05, 3.63) is 58.0 Å². The van der Waals surface area contributed by atoms with Crippen LogP contribution in [0.2, 0.25) is 0 Å². The molecular weight excluding hydrogens is 358 g/mol. The van der Waals surface area contributed by atoms with Gasteiger partial charge in [-0.25, -0.2) is 0 Å². The zero-order chi connectivity index (χ0) is 19.8. The molecule has 1 aromatic carbocycles. The molecule has 2 amide bonds. The Morgan fingerprint density at radius 3 is 2.36 bits per heavy atom. The van der Waals surface area contributed by atoms with E-state index in [1.807, 2.05) is 17.6 Å². The Kier molecular flexibility index (Phi) is 4.66. The minimum Gasteiger partial charge on any atom is -0.486 e. The van der Waals surface area contributed by atoms with Gasteiger partial charge < -0.3 is 19.5 Å². The highest BCUT2D eigenvalue weighted by Crippen LogP contribution is 2.35. The fourth-order valence-electron chi connectivity index (χ4n) is 3.50. The van der Waals surface area contributed by atoms with Crippen molar-refractivity contribution < 1.29 is 14.3 Å². The predicted molar refractivity (Wildman–Crippen MR) is 105 cm³/mol. The molecule has 28 heavy (non-hydrogen) atoms.